The molecule has 5 nitrogen and oxygen atoms in total. The van der Waals surface area contributed by atoms with Crippen LogP contribution in [0.15, 0.2) is 54.7 Å². The molecule has 3 aromatic rings. The predicted molar refractivity (Wildman–Crippen MR) is 114 cm³/mol. The SMILES string of the molecule is CN1CCCCC1CNC(=O)c1cnc(-c2ccc(N)cc2)c2ccccc12. The number of pyridine rings is 1. The molecule has 1 aliphatic heterocycles. The molecule has 2 aromatic carbocycles. The molecule has 1 fully saturated rings. The highest BCUT2D eigenvalue weighted by atomic mass is 16.1. The van der Waals surface area contributed by atoms with Crippen molar-refractivity contribution in [2.45, 2.75) is 25.3 Å². The number of piperidine rings is 1. The molecule has 0 bridgehead atoms. The molecule has 5 heteroatoms. The maximum Gasteiger partial charge on any atom is 0.253 e. The van der Waals surface area contributed by atoms with Gasteiger partial charge in [-0.05, 0) is 44.0 Å². The molecule has 1 aromatic heterocycles. The van der Waals surface area contributed by atoms with E-state index in [1.54, 1.807) is 6.20 Å². The topological polar surface area (TPSA) is 71.2 Å². The lowest BCUT2D eigenvalue weighted by molar-refractivity contribution is 0.0930. The molecule has 4 rings (SSSR count). The summed E-state index contributed by atoms with van der Waals surface area (Å²) in [7, 11) is 2.13. The number of amides is 1. The zero-order chi connectivity index (χ0) is 19.5. The number of likely N-dealkylation sites (tertiary alicyclic amines) is 1. The Morgan fingerprint density at radius 1 is 1.14 bits per heavy atom. The second-order valence-electron chi connectivity index (χ2n) is 7.53. The van der Waals surface area contributed by atoms with E-state index < -0.39 is 0 Å². The Morgan fingerprint density at radius 3 is 2.64 bits per heavy atom. The molecule has 144 valence electrons. The van der Waals surface area contributed by atoms with Gasteiger partial charge >= 0.3 is 0 Å². The van der Waals surface area contributed by atoms with Gasteiger partial charge in [-0.2, -0.15) is 0 Å². The van der Waals surface area contributed by atoms with E-state index in [0.29, 0.717) is 18.2 Å². The van der Waals surface area contributed by atoms with E-state index in [2.05, 4.69) is 22.2 Å². The van der Waals surface area contributed by atoms with E-state index in [0.717, 1.165) is 40.7 Å². The van der Waals surface area contributed by atoms with Gasteiger partial charge in [-0.1, -0.05) is 42.8 Å². The molecule has 1 amide bonds. The lowest BCUT2D eigenvalue weighted by atomic mass is 10.00. The molecule has 1 aliphatic rings. The van der Waals surface area contributed by atoms with Gasteiger partial charge in [-0.3, -0.25) is 9.78 Å². The molecule has 1 unspecified atom stereocenters. The number of nitrogens with two attached hydrogens (primary N) is 1. The van der Waals surface area contributed by atoms with Crippen molar-refractivity contribution in [3.63, 3.8) is 0 Å². The quantitative estimate of drug-likeness (QED) is 0.683. The second kappa shape index (κ2) is 7.98. The van der Waals surface area contributed by atoms with E-state index in [4.69, 9.17) is 5.73 Å². The van der Waals surface area contributed by atoms with Crippen molar-refractivity contribution in [1.29, 1.82) is 0 Å². The van der Waals surface area contributed by atoms with Crippen LogP contribution in [0, 0.1) is 0 Å². The molecular formula is C23H26N4O. The van der Waals surface area contributed by atoms with E-state index in [-0.39, 0.29) is 5.91 Å². The molecule has 1 atom stereocenters. The zero-order valence-electron chi connectivity index (χ0n) is 16.2. The summed E-state index contributed by atoms with van der Waals surface area (Å²) >= 11 is 0. The van der Waals surface area contributed by atoms with Gasteiger partial charge < -0.3 is 16.0 Å². The number of benzene rings is 2. The average Bonchev–Trinajstić information content (AvgIpc) is 2.73. The number of likely N-dealkylation sites (N-methyl/N-ethyl adjacent to an activating group) is 1. The third-order valence-electron chi connectivity index (χ3n) is 5.64. The lowest BCUT2D eigenvalue weighted by Crippen LogP contribution is -2.44. The molecule has 0 saturated carbocycles. The molecular weight excluding hydrogens is 348 g/mol. The van der Waals surface area contributed by atoms with Crippen molar-refractivity contribution in [3.05, 3.63) is 60.3 Å². The summed E-state index contributed by atoms with van der Waals surface area (Å²) < 4.78 is 0. The maximum absolute atomic E-state index is 12.9. The van der Waals surface area contributed by atoms with Crippen molar-refractivity contribution in [1.82, 2.24) is 15.2 Å². The van der Waals surface area contributed by atoms with Gasteiger partial charge in [0.2, 0.25) is 0 Å². The summed E-state index contributed by atoms with van der Waals surface area (Å²) in [6.45, 7) is 1.77. The second-order valence-corrected chi connectivity index (χ2v) is 7.53. The third kappa shape index (κ3) is 3.71. The Labute approximate surface area is 165 Å². The van der Waals surface area contributed by atoms with Gasteiger partial charge in [0.25, 0.3) is 5.91 Å². The number of carbonyl (C=O) groups excluding carboxylic acids is 1. The molecule has 3 N–H and O–H groups in total. The highest BCUT2D eigenvalue weighted by Gasteiger charge is 2.20. The number of nitrogens with zero attached hydrogens (tertiary/aromatic N) is 2. The number of nitrogens with one attached hydrogen (secondary N) is 1. The lowest BCUT2D eigenvalue weighted by Gasteiger charge is -2.32. The average molecular weight is 374 g/mol. The van der Waals surface area contributed by atoms with Crippen LogP contribution >= 0.6 is 0 Å². The molecule has 0 aliphatic carbocycles. The molecule has 1 saturated heterocycles. The van der Waals surface area contributed by atoms with E-state index >= 15 is 0 Å². The molecule has 0 spiro atoms. The number of fused-ring (bicyclic) bond motifs is 1. The first-order chi connectivity index (χ1) is 13.6. The summed E-state index contributed by atoms with van der Waals surface area (Å²) in [6, 6.07) is 16.0. The number of aromatic nitrogens is 1. The van der Waals surface area contributed by atoms with E-state index in [1.165, 1.54) is 12.8 Å². The number of carbonyl (C=O) groups is 1. The standard InChI is InChI=1S/C23H26N4O/c1-27-13-5-4-6-18(27)14-26-23(28)21-15-25-22(16-9-11-17(24)12-10-16)20-8-3-2-7-19(20)21/h2-3,7-12,15,18H,4-6,13-14,24H2,1H3,(H,26,28). The Hall–Kier alpha value is -2.92. The van der Waals surface area contributed by atoms with Crippen LogP contribution < -0.4 is 11.1 Å². The number of anilines is 1. The summed E-state index contributed by atoms with van der Waals surface area (Å²) in [5.41, 5.74) is 8.99. The van der Waals surface area contributed by atoms with Crippen molar-refractivity contribution < 1.29 is 4.79 Å². The van der Waals surface area contributed by atoms with Crippen LogP contribution in [-0.4, -0.2) is 42.0 Å². The summed E-state index contributed by atoms with van der Waals surface area (Å²) in [4.78, 5) is 19.9. The van der Waals surface area contributed by atoms with Gasteiger partial charge in [0, 0.05) is 35.4 Å². The van der Waals surface area contributed by atoms with Gasteiger partial charge in [-0.15, -0.1) is 0 Å². The van der Waals surface area contributed by atoms with Gasteiger partial charge in [0.15, 0.2) is 0 Å². The van der Waals surface area contributed by atoms with Crippen LogP contribution in [0.5, 0.6) is 0 Å². The van der Waals surface area contributed by atoms with E-state index in [9.17, 15) is 4.79 Å². The minimum atomic E-state index is -0.0634. The Bertz CT molecular complexity index is 984. The fourth-order valence-electron chi connectivity index (χ4n) is 3.95. The minimum Gasteiger partial charge on any atom is -0.399 e. The molecule has 2 heterocycles. The predicted octanol–water partition coefficient (Wildman–Crippen LogP) is 3.70. The van der Waals surface area contributed by atoms with Crippen LogP contribution in [0.3, 0.4) is 0 Å². The molecule has 28 heavy (non-hydrogen) atoms. The first kappa shape index (κ1) is 18.4. The van der Waals surface area contributed by atoms with Crippen molar-refractivity contribution in [2.75, 3.05) is 25.9 Å². The van der Waals surface area contributed by atoms with Crippen LogP contribution in [-0.2, 0) is 0 Å². The van der Waals surface area contributed by atoms with Crippen molar-refractivity contribution >= 4 is 22.4 Å². The Morgan fingerprint density at radius 2 is 1.89 bits per heavy atom. The van der Waals surface area contributed by atoms with Crippen LogP contribution in [0.1, 0.15) is 29.6 Å². The number of hydrogen-bond acceptors (Lipinski definition) is 4. The number of hydrogen-bond donors (Lipinski definition) is 2. The number of nitrogen functional groups attached to an aromatic ring is 1. The van der Waals surface area contributed by atoms with E-state index in [1.807, 2.05) is 48.5 Å². The third-order valence-corrected chi connectivity index (χ3v) is 5.64. The maximum atomic E-state index is 12.9. The first-order valence-corrected chi connectivity index (χ1v) is 9.85. The van der Waals surface area contributed by atoms with Gasteiger partial charge in [0.05, 0.1) is 11.3 Å². The highest BCUT2D eigenvalue weighted by Crippen LogP contribution is 2.29. The molecule has 0 radical (unpaired) electrons. The van der Waals surface area contributed by atoms with Crippen molar-refractivity contribution in [3.8, 4) is 11.3 Å². The summed E-state index contributed by atoms with van der Waals surface area (Å²) in [6.07, 6.45) is 5.29. The highest BCUT2D eigenvalue weighted by molar-refractivity contribution is 6.09. The van der Waals surface area contributed by atoms with Gasteiger partial charge in [-0.25, -0.2) is 0 Å². The fraction of sp³-hybridized carbons (Fsp3) is 0.304. The Kier molecular flexibility index (Phi) is 5.26. The first-order valence-electron chi connectivity index (χ1n) is 9.85. The zero-order valence-corrected chi connectivity index (χ0v) is 16.2. The largest absolute Gasteiger partial charge is 0.399 e. The van der Waals surface area contributed by atoms with Gasteiger partial charge in [0.1, 0.15) is 0 Å². The van der Waals surface area contributed by atoms with Crippen LogP contribution in [0.4, 0.5) is 5.69 Å². The smallest absolute Gasteiger partial charge is 0.253 e. The Balaban J connectivity index is 1.62. The van der Waals surface area contributed by atoms with Crippen molar-refractivity contribution in [2.24, 2.45) is 0 Å². The fourth-order valence-corrected chi connectivity index (χ4v) is 3.95. The van der Waals surface area contributed by atoms with Crippen LogP contribution in [0.2, 0.25) is 0 Å². The minimum absolute atomic E-state index is 0.0634. The monoisotopic (exact) mass is 374 g/mol. The summed E-state index contributed by atoms with van der Waals surface area (Å²) in [5.74, 6) is -0.0634. The normalized spacial score (nSPS) is 17.5. The number of rotatable bonds is 4. The summed E-state index contributed by atoms with van der Waals surface area (Å²) in [5, 5.41) is 5.00. The van der Waals surface area contributed by atoms with Crippen LogP contribution in [0.25, 0.3) is 22.0 Å².